The van der Waals surface area contributed by atoms with Crippen LogP contribution < -0.4 is 5.32 Å². The molecule has 0 aromatic carbocycles. The van der Waals surface area contributed by atoms with Gasteiger partial charge >= 0.3 is 0 Å². The van der Waals surface area contributed by atoms with Gasteiger partial charge in [-0.25, -0.2) is 0 Å². The van der Waals surface area contributed by atoms with Crippen LogP contribution in [0.2, 0.25) is 0 Å². The largest absolute Gasteiger partial charge is 0.383 e. The van der Waals surface area contributed by atoms with E-state index in [9.17, 15) is 19.5 Å². The Hall–Kier alpha value is -1.63. The second kappa shape index (κ2) is 6.47. The van der Waals surface area contributed by atoms with Gasteiger partial charge in [0.15, 0.2) is 0 Å². The number of aliphatic hydroxyl groups excluding tert-OH is 1. The summed E-state index contributed by atoms with van der Waals surface area (Å²) < 4.78 is 0. The van der Waals surface area contributed by atoms with Crippen molar-refractivity contribution in [2.45, 2.75) is 56.7 Å². The molecule has 0 spiro atoms. The van der Waals surface area contributed by atoms with Crippen LogP contribution in [0.25, 0.3) is 0 Å². The predicted octanol–water partition coefficient (Wildman–Crippen LogP) is -0.515. The Morgan fingerprint density at radius 2 is 1.96 bits per heavy atom. The number of likely N-dealkylation sites (N-methyl/N-ethyl adjacent to an activating group) is 1. The smallest absolute Gasteiger partial charge is 0.249 e. The molecule has 2 aliphatic heterocycles. The molecule has 3 rings (SSSR count). The number of carbonyl (C=O) groups excluding carboxylic acids is 3. The summed E-state index contributed by atoms with van der Waals surface area (Å²) in [7, 11) is 1.62. The van der Waals surface area contributed by atoms with E-state index >= 15 is 0 Å². The highest BCUT2D eigenvalue weighted by molar-refractivity contribution is 5.95. The SMILES string of the molecule is CN1CC(=O)N2C[C@@H](NC(=O)[C@H](O)C3CCCCC3)C[C@H]2C1=O. The predicted molar refractivity (Wildman–Crippen MR) is 82.3 cm³/mol. The minimum absolute atomic E-state index is 0.0298. The number of aliphatic hydroxyl groups is 1. The fourth-order valence-electron chi connectivity index (χ4n) is 4.03. The maximum Gasteiger partial charge on any atom is 0.249 e. The fraction of sp³-hybridized carbons (Fsp3) is 0.812. The highest BCUT2D eigenvalue weighted by Crippen LogP contribution is 2.27. The van der Waals surface area contributed by atoms with Crippen molar-refractivity contribution in [1.82, 2.24) is 15.1 Å². The number of hydrogen-bond donors (Lipinski definition) is 2. The van der Waals surface area contributed by atoms with Gasteiger partial charge < -0.3 is 20.2 Å². The second-order valence-electron chi connectivity index (χ2n) is 7.04. The zero-order valence-corrected chi connectivity index (χ0v) is 13.5. The van der Waals surface area contributed by atoms with E-state index in [0.29, 0.717) is 13.0 Å². The van der Waals surface area contributed by atoms with Crippen LogP contribution in [0, 0.1) is 5.92 Å². The number of piperazine rings is 1. The van der Waals surface area contributed by atoms with Crippen LogP contribution in [0.5, 0.6) is 0 Å². The average molecular weight is 323 g/mol. The van der Waals surface area contributed by atoms with Gasteiger partial charge in [-0.05, 0) is 25.2 Å². The lowest BCUT2D eigenvalue weighted by molar-refractivity contribution is -0.152. The maximum absolute atomic E-state index is 12.3. The molecule has 7 heteroatoms. The molecule has 3 amide bonds. The summed E-state index contributed by atoms with van der Waals surface area (Å²) in [6.45, 7) is 0.451. The molecule has 0 aromatic heterocycles. The number of amides is 3. The lowest BCUT2D eigenvalue weighted by Crippen LogP contribution is -2.56. The summed E-state index contributed by atoms with van der Waals surface area (Å²) in [5.74, 6) is -0.493. The maximum atomic E-state index is 12.3. The van der Waals surface area contributed by atoms with Crippen molar-refractivity contribution in [1.29, 1.82) is 0 Å². The highest BCUT2D eigenvalue weighted by Gasteiger charge is 2.45. The molecular formula is C16H25N3O4. The molecule has 3 atom stereocenters. The first kappa shape index (κ1) is 16.2. The molecular weight excluding hydrogens is 298 g/mol. The van der Waals surface area contributed by atoms with Crippen LogP contribution >= 0.6 is 0 Å². The Bertz CT molecular complexity index is 504. The van der Waals surface area contributed by atoms with E-state index in [-0.39, 0.29) is 36.2 Å². The van der Waals surface area contributed by atoms with Crippen LogP contribution in [0.1, 0.15) is 38.5 Å². The molecule has 2 saturated heterocycles. The first-order valence-electron chi connectivity index (χ1n) is 8.50. The van der Waals surface area contributed by atoms with E-state index < -0.39 is 12.1 Å². The standard InChI is InChI=1S/C16H25N3O4/c1-18-9-13(20)19-8-11(7-12(19)16(18)23)17-15(22)14(21)10-5-3-2-4-6-10/h10-12,14,21H,2-9H2,1H3,(H,17,22)/t11-,12-,14+/m0/s1. The lowest BCUT2D eigenvalue weighted by atomic mass is 9.85. The number of nitrogens with zero attached hydrogens (tertiary/aromatic N) is 2. The van der Waals surface area contributed by atoms with E-state index in [2.05, 4.69) is 5.32 Å². The van der Waals surface area contributed by atoms with E-state index in [4.69, 9.17) is 0 Å². The van der Waals surface area contributed by atoms with Crippen molar-refractivity contribution in [3.8, 4) is 0 Å². The number of nitrogens with one attached hydrogen (secondary N) is 1. The molecule has 0 radical (unpaired) electrons. The quantitative estimate of drug-likeness (QED) is 0.732. The molecule has 1 saturated carbocycles. The molecule has 0 aromatic rings. The Morgan fingerprint density at radius 1 is 1.26 bits per heavy atom. The monoisotopic (exact) mass is 323 g/mol. The summed E-state index contributed by atoms with van der Waals surface area (Å²) in [4.78, 5) is 39.4. The minimum atomic E-state index is -0.984. The molecule has 7 nitrogen and oxygen atoms in total. The Kier molecular flexibility index (Phi) is 4.57. The molecule has 0 unspecified atom stereocenters. The molecule has 3 aliphatic rings. The summed E-state index contributed by atoms with van der Waals surface area (Å²) in [5, 5.41) is 13.1. The minimum Gasteiger partial charge on any atom is -0.383 e. The topological polar surface area (TPSA) is 90.0 Å². The molecule has 0 bridgehead atoms. The van der Waals surface area contributed by atoms with Gasteiger partial charge in [-0.3, -0.25) is 14.4 Å². The molecule has 128 valence electrons. The summed E-state index contributed by atoms with van der Waals surface area (Å²) >= 11 is 0. The Morgan fingerprint density at radius 3 is 2.65 bits per heavy atom. The number of fused-ring (bicyclic) bond motifs is 1. The number of rotatable bonds is 3. The molecule has 3 fully saturated rings. The van der Waals surface area contributed by atoms with Gasteiger partial charge in [0.05, 0.1) is 6.54 Å². The van der Waals surface area contributed by atoms with Crippen LogP contribution in [0.15, 0.2) is 0 Å². The van der Waals surface area contributed by atoms with Gasteiger partial charge in [-0.2, -0.15) is 0 Å². The number of carbonyl (C=O) groups is 3. The highest BCUT2D eigenvalue weighted by atomic mass is 16.3. The van der Waals surface area contributed by atoms with Crippen molar-refractivity contribution in [3.05, 3.63) is 0 Å². The van der Waals surface area contributed by atoms with Crippen LogP contribution in [-0.4, -0.2) is 71.0 Å². The third kappa shape index (κ3) is 3.20. The van der Waals surface area contributed by atoms with Crippen LogP contribution in [-0.2, 0) is 14.4 Å². The van der Waals surface area contributed by atoms with Crippen molar-refractivity contribution in [3.63, 3.8) is 0 Å². The van der Waals surface area contributed by atoms with E-state index in [1.807, 2.05) is 0 Å². The van der Waals surface area contributed by atoms with E-state index in [0.717, 1.165) is 25.7 Å². The third-order valence-electron chi connectivity index (χ3n) is 5.37. The first-order valence-corrected chi connectivity index (χ1v) is 8.50. The first-order chi connectivity index (χ1) is 11.0. The summed E-state index contributed by atoms with van der Waals surface area (Å²) in [5.41, 5.74) is 0. The molecule has 23 heavy (non-hydrogen) atoms. The third-order valence-corrected chi connectivity index (χ3v) is 5.37. The van der Waals surface area contributed by atoms with Gasteiger partial charge in [-0.15, -0.1) is 0 Å². The van der Waals surface area contributed by atoms with E-state index in [1.54, 1.807) is 11.9 Å². The van der Waals surface area contributed by atoms with Crippen LogP contribution in [0.4, 0.5) is 0 Å². The van der Waals surface area contributed by atoms with Gasteiger partial charge in [0, 0.05) is 19.6 Å². The molecule has 1 aliphatic carbocycles. The van der Waals surface area contributed by atoms with Gasteiger partial charge in [-0.1, -0.05) is 19.3 Å². The zero-order valence-electron chi connectivity index (χ0n) is 13.5. The van der Waals surface area contributed by atoms with E-state index in [1.165, 1.54) is 11.3 Å². The van der Waals surface area contributed by atoms with Gasteiger partial charge in [0.1, 0.15) is 12.1 Å². The van der Waals surface area contributed by atoms with Crippen molar-refractivity contribution in [2.75, 3.05) is 20.1 Å². The summed E-state index contributed by atoms with van der Waals surface area (Å²) in [6.07, 6.45) is 4.50. The molecule has 2 heterocycles. The summed E-state index contributed by atoms with van der Waals surface area (Å²) in [6, 6.07) is -0.733. The fourth-order valence-corrected chi connectivity index (χ4v) is 4.03. The van der Waals surface area contributed by atoms with Crippen molar-refractivity contribution >= 4 is 17.7 Å². The average Bonchev–Trinajstić information content (AvgIpc) is 2.97. The van der Waals surface area contributed by atoms with Crippen molar-refractivity contribution in [2.24, 2.45) is 5.92 Å². The number of hydrogen-bond acceptors (Lipinski definition) is 4. The zero-order chi connectivity index (χ0) is 16.6. The Balaban J connectivity index is 1.57. The second-order valence-corrected chi connectivity index (χ2v) is 7.04. The Labute approximate surface area is 136 Å². The lowest BCUT2D eigenvalue weighted by Gasteiger charge is -2.33. The normalized spacial score (nSPS) is 30.3. The van der Waals surface area contributed by atoms with Gasteiger partial charge in [0.25, 0.3) is 0 Å². The van der Waals surface area contributed by atoms with Crippen LogP contribution in [0.3, 0.4) is 0 Å². The van der Waals surface area contributed by atoms with Gasteiger partial charge in [0.2, 0.25) is 17.7 Å². The van der Waals surface area contributed by atoms with Crippen molar-refractivity contribution < 1.29 is 19.5 Å². The molecule has 2 N–H and O–H groups in total.